The van der Waals surface area contributed by atoms with E-state index >= 15 is 0 Å². The third kappa shape index (κ3) is 65.3. The third-order valence-electron chi connectivity index (χ3n) is 17.2. The first-order chi connectivity index (χ1) is 44.8. The van der Waals surface area contributed by atoms with Crippen molar-refractivity contribution in [3.05, 3.63) is 24.3 Å². The van der Waals surface area contributed by atoms with Gasteiger partial charge in [-0.15, -0.1) is 0 Å². The number of esters is 4. The van der Waals surface area contributed by atoms with Gasteiger partial charge in [0.05, 0.1) is 26.4 Å². The lowest BCUT2D eigenvalue weighted by Crippen LogP contribution is -2.30. The molecule has 0 aliphatic rings. The van der Waals surface area contributed by atoms with E-state index in [4.69, 9.17) is 37.0 Å². The number of carbonyl (C=O) groups excluding carboxylic acids is 4. The quantitative estimate of drug-likeness (QED) is 0.0169. The predicted molar refractivity (Wildman–Crippen MR) is 377 cm³/mol. The highest BCUT2D eigenvalue weighted by Gasteiger charge is 2.30. The summed E-state index contributed by atoms with van der Waals surface area (Å²) in [6, 6.07) is 0. The molecule has 0 fully saturated rings. The number of carbonyl (C=O) groups is 4. The fourth-order valence-corrected chi connectivity index (χ4v) is 12.2. The van der Waals surface area contributed by atoms with Crippen molar-refractivity contribution in [3.63, 3.8) is 0 Å². The molecule has 4 unspecified atom stereocenters. The van der Waals surface area contributed by atoms with E-state index in [0.29, 0.717) is 25.7 Å². The summed E-state index contributed by atoms with van der Waals surface area (Å²) in [5.74, 6) is 0.147. The van der Waals surface area contributed by atoms with Gasteiger partial charge in [0, 0.05) is 25.7 Å². The van der Waals surface area contributed by atoms with Gasteiger partial charge < -0.3 is 33.8 Å². The molecular weight excluding hydrogens is 1220 g/mol. The van der Waals surface area contributed by atoms with Gasteiger partial charge in [-0.1, -0.05) is 297 Å². The number of allylic oxidation sites excluding steroid dienone is 4. The summed E-state index contributed by atoms with van der Waals surface area (Å²) in [5, 5.41) is 10.6. The van der Waals surface area contributed by atoms with Crippen molar-refractivity contribution in [2.24, 2.45) is 17.8 Å². The summed E-state index contributed by atoms with van der Waals surface area (Å²) >= 11 is 0. The van der Waals surface area contributed by atoms with E-state index in [1.165, 1.54) is 141 Å². The first kappa shape index (κ1) is 90.5. The molecule has 0 aliphatic carbocycles. The van der Waals surface area contributed by atoms with Gasteiger partial charge in [-0.05, 0) is 69.1 Å². The Kier molecular flexibility index (Phi) is 62.5. The van der Waals surface area contributed by atoms with Crippen LogP contribution in [-0.2, 0) is 65.4 Å². The number of unbranched alkanes of at least 4 members (excludes halogenated alkanes) is 33. The fourth-order valence-electron chi connectivity index (χ4n) is 10.6. The molecule has 0 aromatic heterocycles. The molecule has 0 saturated carbocycles. The van der Waals surface area contributed by atoms with E-state index in [2.05, 4.69) is 72.8 Å². The second kappa shape index (κ2) is 64.2. The van der Waals surface area contributed by atoms with Gasteiger partial charge in [0.1, 0.15) is 19.3 Å². The highest BCUT2D eigenvalue weighted by Crippen LogP contribution is 2.45. The van der Waals surface area contributed by atoms with Crippen LogP contribution in [0.5, 0.6) is 0 Å². The molecule has 0 aliphatic heterocycles. The Labute approximate surface area is 567 Å². The molecule has 0 amide bonds. The highest BCUT2D eigenvalue weighted by molar-refractivity contribution is 7.47. The zero-order valence-corrected chi connectivity index (χ0v) is 62.0. The molecule has 0 aromatic rings. The smallest absolute Gasteiger partial charge is 0.462 e. The summed E-state index contributed by atoms with van der Waals surface area (Å²) in [6.07, 6.45) is 52.0. The van der Waals surface area contributed by atoms with Crippen molar-refractivity contribution >= 4 is 39.5 Å². The Morgan fingerprint density at radius 1 is 0.355 bits per heavy atom. The maximum Gasteiger partial charge on any atom is 0.472 e. The van der Waals surface area contributed by atoms with Crippen molar-refractivity contribution in [2.45, 2.75) is 369 Å². The van der Waals surface area contributed by atoms with Crippen LogP contribution in [0, 0.1) is 17.8 Å². The lowest BCUT2D eigenvalue weighted by molar-refractivity contribution is -0.161. The molecule has 93 heavy (non-hydrogen) atoms. The number of phosphoric ester groups is 2. The first-order valence-electron chi connectivity index (χ1n) is 37.7. The Morgan fingerprint density at radius 2 is 0.634 bits per heavy atom. The van der Waals surface area contributed by atoms with E-state index in [9.17, 15) is 43.2 Å². The summed E-state index contributed by atoms with van der Waals surface area (Å²) in [6.45, 7) is 11.8. The van der Waals surface area contributed by atoms with E-state index in [1.54, 1.807) is 0 Å². The molecule has 7 atom stereocenters. The number of ether oxygens (including phenoxy) is 4. The van der Waals surface area contributed by atoms with E-state index < -0.39 is 97.5 Å². The van der Waals surface area contributed by atoms with Crippen LogP contribution in [0.25, 0.3) is 0 Å². The fraction of sp³-hybridized carbons (Fsp3) is 0.892. The van der Waals surface area contributed by atoms with Crippen LogP contribution in [0.2, 0.25) is 0 Å². The Morgan fingerprint density at radius 3 is 0.957 bits per heavy atom. The van der Waals surface area contributed by atoms with Gasteiger partial charge in [-0.2, -0.15) is 0 Å². The normalized spacial score (nSPS) is 14.9. The van der Waals surface area contributed by atoms with Gasteiger partial charge >= 0.3 is 39.5 Å². The van der Waals surface area contributed by atoms with Gasteiger partial charge in [0.2, 0.25) is 0 Å². The van der Waals surface area contributed by atoms with Crippen LogP contribution in [0.15, 0.2) is 24.3 Å². The Hall–Kier alpha value is -2.46. The maximum absolute atomic E-state index is 13.1. The average molecular weight is 1360 g/mol. The topological polar surface area (TPSA) is 237 Å². The van der Waals surface area contributed by atoms with E-state index in [0.717, 1.165) is 127 Å². The van der Waals surface area contributed by atoms with Crippen LogP contribution < -0.4 is 0 Å². The summed E-state index contributed by atoms with van der Waals surface area (Å²) in [4.78, 5) is 72.7. The summed E-state index contributed by atoms with van der Waals surface area (Å²) in [7, 11) is -9.92. The SMILES string of the molecule is CCCCCC/C=C\C=C/CCCCCCCC(=O)O[C@H](COC(=O)CCCCCCCCCCCCCC(C)C)COP(=O)(O)OC[C@@H](O)COP(=O)(O)OC[C@@H](COC(=O)CCCCCCCCC(C)CC)OC(=O)CCCCCCCCCCCCC(C)CC. The molecule has 548 valence electrons. The summed E-state index contributed by atoms with van der Waals surface area (Å²) in [5.41, 5.74) is 0. The maximum atomic E-state index is 13.1. The second-order valence-corrected chi connectivity index (χ2v) is 29.9. The minimum absolute atomic E-state index is 0.0845. The van der Waals surface area contributed by atoms with Crippen LogP contribution in [0.3, 0.4) is 0 Å². The number of phosphoric acid groups is 2. The summed E-state index contributed by atoms with van der Waals surface area (Å²) < 4.78 is 68.4. The van der Waals surface area contributed by atoms with Gasteiger partial charge in [-0.25, -0.2) is 9.13 Å². The zero-order valence-electron chi connectivity index (χ0n) is 60.2. The molecule has 0 spiro atoms. The third-order valence-corrected chi connectivity index (χ3v) is 19.1. The van der Waals surface area contributed by atoms with Crippen molar-refractivity contribution in [2.75, 3.05) is 39.6 Å². The monoisotopic (exact) mass is 1360 g/mol. The van der Waals surface area contributed by atoms with Gasteiger partial charge in [0.25, 0.3) is 0 Å². The van der Waals surface area contributed by atoms with Crippen LogP contribution in [0.1, 0.15) is 350 Å². The number of aliphatic hydroxyl groups excluding tert-OH is 1. The highest BCUT2D eigenvalue weighted by atomic mass is 31.2. The zero-order chi connectivity index (χ0) is 68.7. The molecule has 0 aromatic carbocycles. The molecule has 0 saturated heterocycles. The largest absolute Gasteiger partial charge is 0.472 e. The van der Waals surface area contributed by atoms with Crippen LogP contribution >= 0.6 is 15.6 Å². The standard InChI is InChI=1S/C74H140O17P2/c1-8-11-12-13-14-15-16-17-18-19-22-29-34-43-50-57-73(78)90-69(61-84-71(76)55-48-41-33-28-23-20-21-26-31-38-45-52-65(4)5)63-88-92(80,81)86-59-68(75)60-87-93(82,83)89-64-70(62-85-72(77)56-49-42-37-36-40-47-54-67(7)10-3)91-74(79)58-51-44-35-30-25-24-27-32-39-46-53-66(6)9-2/h15-18,65-70,75H,8-14,19-64H2,1-7H3,(H,80,81)(H,82,83)/b16-15-,18-17-/t66?,67?,68-,69-,70-/m1/s1. The number of hydrogen-bond donors (Lipinski definition) is 3. The Balaban J connectivity index is 5.31. The molecule has 0 heterocycles. The van der Waals surface area contributed by atoms with E-state index in [-0.39, 0.29) is 25.7 Å². The van der Waals surface area contributed by atoms with Crippen LogP contribution in [-0.4, -0.2) is 96.7 Å². The Bertz CT molecular complexity index is 1920. The van der Waals surface area contributed by atoms with Crippen molar-refractivity contribution < 1.29 is 80.2 Å². The number of aliphatic hydroxyl groups is 1. The number of rotatable bonds is 70. The molecule has 17 nitrogen and oxygen atoms in total. The lowest BCUT2D eigenvalue weighted by atomic mass is 9.99. The molecule has 0 rings (SSSR count). The first-order valence-corrected chi connectivity index (χ1v) is 40.7. The molecule has 0 bridgehead atoms. The minimum atomic E-state index is -4.96. The molecule has 19 heteroatoms. The molecule has 3 N–H and O–H groups in total. The van der Waals surface area contributed by atoms with Crippen molar-refractivity contribution in [3.8, 4) is 0 Å². The predicted octanol–water partition coefficient (Wildman–Crippen LogP) is 21.0. The molecule has 0 radical (unpaired) electrons. The average Bonchev–Trinajstić information content (AvgIpc) is 2.94. The molecular formula is C74H140O17P2. The van der Waals surface area contributed by atoms with E-state index in [1.807, 2.05) is 0 Å². The van der Waals surface area contributed by atoms with Crippen molar-refractivity contribution in [1.82, 2.24) is 0 Å². The lowest BCUT2D eigenvalue weighted by Gasteiger charge is -2.21. The van der Waals surface area contributed by atoms with Crippen molar-refractivity contribution in [1.29, 1.82) is 0 Å². The second-order valence-electron chi connectivity index (χ2n) is 27.0. The minimum Gasteiger partial charge on any atom is -0.462 e. The van der Waals surface area contributed by atoms with Gasteiger partial charge in [-0.3, -0.25) is 37.3 Å². The van der Waals surface area contributed by atoms with Gasteiger partial charge in [0.15, 0.2) is 12.2 Å². The number of hydrogen-bond acceptors (Lipinski definition) is 15. The van der Waals surface area contributed by atoms with Crippen LogP contribution in [0.4, 0.5) is 0 Å².